The molecule has 0 atom stereocenters. The summed E-state index contributed by atoms with van der Waals surface area (Å²) in [6.45, 7) is 5.54. The van der Waals surface area contributed by atoms with E-state index in [0.717, 1.165) is 23.7 Å². The number of ether oxygens (including phenoxy) is 1. The van der Waals surface area contributed by atoms with Gasteiger partial charge in [-0.2, -0.15) is 0 Å². The molecule has 0 bridgehead atoms. The minimum atomic E-state index is 0.640. The molecule has 1 saturated carbocycles. The van der Waals surface area contributed by atoms with Gasteiger partial charge >= 0.3 is 0 Å². The number of nitrogens with zero attached hydrogens (tertiary/aromatic N) is 1. The van der Waals surface area contributed by atoms with Gasteiger partial charge in [0, 0.05) is 18.7 Å². The van der Waals surface area contributed by atoms with Crippen molar-refractivity contribution in [2.45, 2.75) is 32.7 Å². The number of anilines is 2. The standard InChI is InChI=1S/C14H22N2O/c1-10(2)9-16(11-4-5-11)14-8-12(17-3)6-7-13(14)15/h6-8,10-11H,4-5,9,15H2,1-3H3. The number of methoxy groups -OCH3 is 1. The van der Waals surface area contributed by atoms with Crippen LogP contribution in [0.4, 0.5) is 11.4 Å². The van der Waals surface area contributed by atoms with Crippen molar-refractivity contribution in [3.05, 3.63) is 18.2 Å². The van der Waals surface area contributed by atoms with E-state index in [4.69, 9.17) is 10.5 Å². The van der Waals surface area contributed by atoms with Gasteiger partial charge in [-0.3, -0.25) is 0 Å². The third-order valence-electron chi connectivity index (χ3n) is 3.10. The number of hydrogen-bond donors (Lipinski definition) is 1. The monoisotopic (exact) mass is 234 g/mol. The topological polar surface area (TPSA) is 38.5 Å². The summed E-state index contributed by atoms with van der Waals surface area (Å²) in [5.41, 5.74) is 8.06. The van der Waals surface area contributed by atoms with Crippen molar-refractivity contribution in [3.63, 3.8) is 0 Å². The van der Waals surface area contributed by atoms with E-state index in [0.29, 0.717) is 12.0 Å². The van der Waals surface area contributed by atoms with Gasteiger partial charge in [-0.05, 0) is 30.9 Å². The Labute approximate surface area is 104 Å². The second-order valence-electron chi connectivity index (χ2n) is 5.20. The van der Waals surface area contributed by atoms with Crippen LogP contribution in [0, 0.1) is 5.92 Å². The van der Waals surface area contributed by atoms with Crippen LogP contribution >= 0.6 is 0 Å². The summed E-state index contributed by atoms with van der Waals surface area (Å²) in [6, 6.07) is 6.57. The van der Waals surface area contributed by atoms with Crippen molar-refractivity contribution < 1.29 is 4.74 Å². The van der Waals surface area contributed by atoms with Crippen molar-refractivity contribution in [2.24, 2.45) is 5.92 Å². The average molecular weight is 234 g/mol. The number of nitrogen functional groups attached to an aromatic ring is 1. The number of benzene rings is 1. The van der Waals surface area contributed by atoms with E-state index in [9.17, 15) is 0 Å². The Morgan fingerprint density at radius 2 is 2.12 bits per heavy atom. The Hall–Kier alpha value is -1.38. The molecule has 0 aromatic heterocycles. The van der Waals surface area contributed by atoms with E-state index < -0.39 is 0 Å². The molecule has 0 heterocycles. The fraction of sp³-hybridized carbons (Fsp3) is 0.571. The quantitative estimate of drug-likeness (QED) is 0.796. The first-order valence-corrected chi connectivity index (χ1v) is 6.32. The molecule has 1 aliphatic rings. The Morgan fingerprint density at radius 3 is 2.65 bits per heavy atom. The third kappa shape index (κ3) is 2.84. The van der Waals surface area contributed by atoms with E-state index in [2.05, 4.69) is 24.8 Å². The highest BCUT2D eigenvalue weighted by atomic mass is 16.5. The molecule has 1 aromatic carbocycles. The van der Waals surface area contributed by atoms with Gasteiger partial charge in [0.05, 0.1) is 18.5 Å². The van der Waals surface area contributed by atoms with Crippen molar-refractivity contribution in [2.75, 3.05) is 24.3 Å². The maximum Gasteiger partial charge on any atom is 0.121 e. The molecule has 0 unspecified atom stereocenters. The Balaban J connectivity index is 2.27. The molecule has 3 heteroatoms. The zero-order chi connectivity index (χ0) is 12.4. The fourth-order valence-corrected chi connectivity index (χ4v) is 2.12. The van der Waals surface area contributed by atoms with Gasteiger partial charge in [0.15, 0.2) is 0 Å². The molecular formula is C14H22N2O. The van der Waals surface area contributed by atoms with Gasteiger partial charge in [-0.25, -0.2) is 0 Å². The largest absolute Gasteiger partial charge is 0.497 e. The second-order valence-corrected chi connectivity index (χ2v) is 5.20. The van der Waals surface area contributed by atoms with E-state index in [1.54, 1.807) is 7.11 Å². The van der Waals surface area contributed by atoms with E-state index >= 15 is 0 Å². The molecule has 1 aliphatic carbocycles. The van der Waals surface area contributed by atoms with Crippen LogP contribution in [0.15, 0.2) is 18.2 Å². The predicted molar refractivity (Wildman–Crippen MR) is 72.6 cm³/mol. The van der Waals surface area contributed by atoms with Crippen LogP contribution in [0.3, 0.4) is 0 Å². The summed E-state index contributed by atoms with van der Waals surface area (Å²) in [4.78, 5) is 2.43. The number of rotatable bonds is 5. The third-order valence-corrected chi connectivity index (χ3v) is 3.10. The zero-order valence-corrected chi connectivity index (χ0v) is 10.9. The lowest BCUT2D eigenvalue weighted by molar-refractivity contribution is 0.414. The molecule has 2 rings (SSSR count). The number of hydrogen-bond acceptors (Lipinski definition) is 3. The minimum absolute atomic E-state index is 0.640. The molecule has 3 nitrogen and oxygen atoms in total. The van der Waals surface area contributed by atoms with Gasteiger partial charge in [-0.1, -0.05) is 13.8 Å². The summed E-state index contributed by atoms with van der Waals surface area (Å²) in [5, 5.41) is 0. The van der Waals surface area contributed by atoms with Crippen LogP contribution in [-0.4, -0.2) is 19.7 Å². The van der Waals surface area contributed by atoms with E-state index in [-0.39, 0.29) is 0 Å². The molecule has 1 fully saturated rings. The minimum Gasteiger partial charge on any atom is -0.497 e. The molecule has 17 heavy (non-hydrogen) atoms. The fourth-order valence-electron chi connectivity index (χ4n) is 2.12. The molecule has 94 valence electrons. The molecular weight excluding hydrogens is 212 g/mol. The molecule has 0 amide bonds. The van der Waals surface area contributed by atoms with Crippen molar-refractivity contribution in [1.29, 1.82) is 0 Å². The van der Waals surface area contributed by atoms with Crippen LogP contribution in [-0.2, 0) is 0 Å². The molecule has 2 N–H and O–H groups in total. The maximum absolute atomic E-state index is 6.09. The normalized spacial score (nSPS) is 15.1. The average Bonchev–Trinajstić information content (AvgIpc) is 3.10. The van der Waals surface area contributed by atoms with Gasteiger partial charge in [0.1, 0.15) is 5.75 Å². The second kappa shape index (κ2) is 4.86. The van der Waals surface area contributed by atoms with Crippen molar-refractivity contribution in [1.82, 2.24) is 0 Å². The van der Waals surface area contributed by atoms with Crippen LogP contribution in [0.25, 0.3) is 0 Å². The molecule has 0 aliphatic heterocycles. The Kier molecular flexibility index (Phi) is 3.46. The van der Waals surface area contributed by atoms with Crippen LogP contribution < -0.4 is 15.4 Å². The molecule has 0 saturated heterocycles. The maximum atomic E-state index is 6.09. The van der Waals surface area contributed by atoms with Gasteiger partial charge < -0.3 is 15.4 Å². The van der Waals surface area contributed by atoms with Crippen molar-refractivity contribution >= 4 is 11.4 Å². The molecule has 0 spiro atoms. The highest BCUT2D eigenvalue weighted by molar-refractivity contribution is 5.70. The summed E-state index contributed by atoms with van der Waals surface area (Å²) >= 11 is 0. The highest BCUT2D eigenvalue weighted by Gasteiger charge is 2.30. The molecule has 0 radical (unpaired) electrons. The summed E-state index contributed by atoms with van der Waals surface area (Å²) in [5.74, 6) is 1.52. The summed E-state index contributed by atoms with van der Waals surface area (Å²) in [7, 11) is 1.69. The summed E-state index contributed by atoms with van der Waals surface area (Å²) in [6.07, 6.45) is 2.56. The van der Waals surface area contributed by atoms with E-state index in [1.165, 1.54) is 12.8 Å². The van der Waals surface area contributed by atoms with Crippen LogP contribution in [0.5, 0.6) is 5.75 Å². The van der Waals surface area contributed by atoms with E-state index in [1.807, 2.05) is 12.1 Å². The summed E-state index contributed by atoms with van der Waals surface area (Å²) < 4.78 is 5.28. The highest BCUT2D eigenvalue weighted by Crippen LogP contribution is 2.37. The Morgan fingerprint density at radius 1 is 1.41 bits per heavy atom. The molecule has 1 aromatic rings. The first kappa shape index (κ1) is 12.1. The predicted octanol–water partition coefficient (Wildman–Crippen LogP) is 2.90. The zero-order valence-electron chi connectivity index (χ0n) is 10.9. The smallest absolute Gasteiger partial charge is 0.121 e. The first-order chi connectivity index (χ1) is 8.11. The first-order valence-electron chi connectivity index (χ1n) is 6.32. The van der Waals surface area contributed by atoms with Crippen LogP contribution in [0.1, 0.15) is 26.7 Å². The van der Waals surface area contributed by atoms with Gasteiger partial charge in [-0.15, -0.1) is 0 Å². The van der Waals surface area contributed by atoms with Gasteiger partial charge in [0.2, 0.25) is 0 Å². The SMILES string of the molecule is COc1ccc(N)c(N(CC(C)C)C2CC2)c1. The lowest BCUT2D eigenvalue weighted by Crippen LogP contribution is -2.30. The van der Waals surface area contributed by atoms with Gasteiger partial charge in [0.25, 0.3) is 0 Å². The lowest BCUT2D eigenvalue weighted by atomic mass is 10.1. The number of nitrogens with two attached hydrogens (primary N) is 1. The Bertz CT molecular complexity index is 386. The van der Waals surface area contributed by atoms with Crippen LogP contribution in [0.2, 0.25) is 0 Å². The lowest BCUT2D eigenvalue weighted by Gasteiger charge is -2.28. The van der Waals surface area contributed by atoms with Crippen molar-refractivity contribution in [3.8, 4) is 5.75 Å².